The Morgan fingerprint density at radius 2 is 2.09 bits per heavy atom. The fourth-order valence-corrected chi connectivity index (χ4v) is 5.07. The molecule has 0 saturated carbocycles. The second kappa shape index (κ2) is 8.95. The van der Waals surface area contributed by atoms with E-state index in [1.54, 1.807) is 6.07 Å². The first-order valence-electron chi connectivity index (χ1n) is 11.1. The number of allylic oxidation sites excluding steroid dienone is 3. The van der Waals surface area contributed by atoms with Gasteiger partial charge in [0.15, 0.2) is 0 Å². The van der Waals surface area contributed by atoms with Crippen molar-refractivity contribution in [2.24, 2.45) is 10.9 Å². The molecule has 0 spiro atoms. The summed E-state index contributed by atoms with van der Waals surface area (Å²) < 4.78 is 0. The van der Waals surface area contributed by atoms with Crippen molar-refractivity contribution in [3.05, 3.63) is 98.5 Å². The van der Waals surface area contributed by atoms with Crippen molar-refractivity contribution in [2.75, 3.05) is 6.54 Å². The van der Waals surface area contributed by atoms with Crippen molar-refractivity contribution in [3.8, 4) is 0 Å². The Morgan fingerprint density at radius 3 is 2.88 bits per heavy atom. The van der Waals surface area contributed by atoms with Crippen LogP contribution < -0.4 is 10.9 Å². The second-order valence-corrected chi connectivity index (χ2v) is 8.40. The average Bonchev–Trinajstić information content (AvgIpc) is 2.76. The highest BCUT2D eigenvalue weighted by Crippen LogP contribution is 2.51. The predicted molar refractivity (Wildman–Crippen MR) is 130 cm³/mol. The molecule has 2 aromatic rings. The monoisotopic (exact) mass is 427 g/mol. The van der Waals surface area contributed by atoms with E-state index in [9.17, 15) is 9.59 Å². The van der Waals surface area contributed by atoms with Crippen molar-refractivity contribution in [2.45, 2.75) is 39.2 Å². The molecule has 2 atom stereocenters. The normalized spacial score (nSPS) is 23.4. The summed E-state index contributed by atoms with van der Waals surface area (Å²) in [5, 5.41) is 2.86. The number of hydrogen-bond donors (Lipinski definition) is 2. The molecule has 1 aromatic heterocycles. The summed E-state index contributed by atoms with van der Waals surface area (Å²) >= 11 is 0. The first-order chi connectivity index (χ1) is 15.5. The van der Waals surface area contributed by atoms with Crippen LogP contribution in [0.2, 0.25) is 0 Å². The summed E-state index contributed by atoms with van der Waals surface area (Å²) in [4.78, 5) is 32.4. The van der Waals surface area contributed by atoms with E-state index in [4.69, 9.17) is 4.99 Å². The highest BCUT2D eigenvalue weighted by molar-refractivity contribution is 5.98. The predicted octanol–water partition coefficient (Wildman–Crippen LogP) is 4.57. The van der Waals surface area contributed by atoms with Gasteiger partial charge in [-0.15, -0.1) is 0 Å². The number of aromatic amines is 1. The number of aliphatic imine (C=N–C) groups is 1. The van der Waals surface area contributed by atoms with Crippen molar-refractivity contribution in [3.63, 3.8) is 0 Å². The van der Waals surface area contributed by atoms with Crippen LogP contribution in [-0.4, -0.2) is 23.7 Å². The van der Waals surface area contributed by atoms with Crippen LogP contribution in [0.3, 0.4) is 0 Å². The molecule has 5 heteroatoms. The van der Waals surface area contributed by atoms with E-state index in [2.05, 4.69) is 36.3 Å². The molecule has 164 valence electrons. The van der Waals surface area contributed by atoms with Gasteiger partial charge < -0.3 is 10.3 Å². The van der Waals surface area contributed by atoms with E-state index in [1.165, 1.54) is 11.1 Å². The summed E-state index contributed by atoms with van der Waals surface area (Å²) in [7, 11) is 0. The fourth-order valence-electron chi connectivity index (χ4n) is 5.07. The first kappa shape index (κ1) is 21.8. The lowest BCUT2D eigenvalue weighted by Gasteiger charge is -2.45. The van der Waals surface area contributed by atoms with E-state index >= 15 is 0 Å². The molecular weight excluding hydrogens is 398 g/mol. The van der Waals surface area contributed by atoms with Crippen molar-refractivity contribution in [1.29, 1.82) is 0 Å². The van der Waals surface area contributed by atoms with E-state index in [0.29, 0.717) is 12.1 Å². The third kappa shape index (κ3) is 3.91. The van der Waals surface area contributed by atoms with Gasteiger partial charge in [0, 0.05) is 48.0 Å². The zero-order chi connectivity index (χ0) is 22.7. The number of aromatic nitrogens is 1. The largest absolute Gasteiger partial charge is 0.352 e. The van der Waals surface area contributed by atoms with Crippen molar-refractivity contribution < 1.29 is 4.79 Å². The minimum absolute atomic E-state index is 0.0764. The van der Waals surface area contributed by atoms with Gasteiger partial charge in [-0.3, -0.25) is 14.6 Å². The van der Waals surface area contributed by atoms with Gasteiger partial charge in [-0.25, -0.2) is 0 Å². The van der Waals surface area contributed by atoms with E-state index in [0.717, 1.165) is 29.7 Å². The summed E-state index contributed by atoms with van der Waals surface area (Å²) in [6, 6.07) is 11.1. The maximum atomic E-state index is 12.3. The topological polar surface area (TPSA) is 74.3 Å². The van der Waals surface area contributed by atoms with Gasteiger partial charge in [0.2, 0.25) is 5.56 Å². The summed E-state index contributed by atoms with van der Waals surface area (Å²) in [6.45, 7) is 6.71. The van der Waals surface area contributed by atoms with Gasteiger partial charge in [0.05, 0.1) is 0 Å². The Bertz CT molecular complexity index is 1220. The lowest BCUT2D eigenvalue weighted by atomic mass is 9.63. The lowest BCUT2D eigenvalue weighted by molar-refractivity contribution is 0.0955. The minimum atomic E-state index is -0.514. The van der Waals surface area contributed by atoms with Crippen LogP contribution in [0.1, 0.15) is 54.4 Å². The molecule has 1 heterocycles. The maximum Gasteiger partial charge on any atom is 0.251 e. The number of fused-ring (bicyclic) bond motifs is 4. The molecule has 0 saturated heterocycles. The van der Waals surface area contributed by atoms with Crippen LogP contribution >= 0.6 is 0 Å². The van der Waals surface area contributed by atoms with Crippen LogP contribution in [-0.2, 0) is 12.0 Å². The Hall–Kier alpha value is -3.47. The molecule has 2 unspecified atom stereocenters. The number of pyridine rings is 1. The van der Waals surface area contributed by atoms with Gasteiger partial charge in [0.25, 0.3) is 5.91 Å². The van der Waals surface area contributed by atoms with Crippen molar-refractivity contribution >= 4 is 18.2 Å². The number of rotatable bonds is 5. The second-order valence-electron chi connectivity index (χ2n) is 8.40. The molecular formula is C27H29N3O2. The number of hydrogen-bond acceptors (Lipinski definition) is 3. The smallest absolute Gasteiger partial charge is 0.251 e. The van der Waals surface area contributed by atoms with Crippen LogP contribution in [0.15, 0.2) is 75.6 Å². The van der Waals surface area contributed by atoms with E-state index < -0.39 is 5.54 Å². The standard InChI is InChI=1S/C27H29N3O2/c1-4-22-20-15-18(3)17-27(22,23-12-13-25(31)30-24(23)16-20)29-14-8-10-19-9-6-7-11-21(19)26(32)28-5-2/h4,6-15,20H,5,16-17H2,1-3H3,(H,28,32)(H,30,31). The first-order valence-corrected chi connectivity index (χ1v) is 11.1. The van der Waals surface area contributed by atoms with E-state index in [1.807, 2.05) is 55.6 Å². The molecule has 2 aliphatic rings. The van der Waals surface area contributed by atoms with E-state index in [-0.39, 0.29) is 17.4 Å². The Labute approximate surface area is 188 Å². The SMILES string of the molecule is CC=C1C2C=C(C)CC1(N=CC=Cc1ccccc1C(=O)NCC)c1ccc(=O)[nH]c1C2. The van der Waals surface area contributed by atoms with Gasteiger partial charge >= 0.3 is 0 Å². The molecule has 0 fully saturated rings. The zero-order valence-corrected chi connectivity index (χ0v) is 18.8. The molecule has 2 aliphatic carbocycles. The number of carbonyl (C=O) groups excluding carboxylic acids is 1. The van der Waals surface area contributed by atoms with Crippen LogP contribution in [0.25, 0.3) is 6.08 Å². The Balaban J connectivity index is 1.72. The molecule has 2 N–H and O–H groups in total. The minimum Gasteiger partial charge on any atom is -0.352 e. The molecule has 1 amide bonds. The lowest BCUT2D eigenvalue weighted by Crippen LogP contribution is -2.40. The highest BCUT2D eigenvalue weighted by Gasteiger charge is 2.46. The average molecular weight is 428 g/mol. The molecule has 4 rings (SSSR count). The fraction of sp³-hybridized carbons (Fsp3) is 0.296. The van der Waals surface area contributed by atoms with Gasteiger partial charge in [-0.05, 0) is 56.5 Å². The zero-order valence-electron chi connectivity index (χ0n) is 18.8. The number of amides is 1. The van der Waals surface area contributed by atoms with Crippen LogP contribution in [0.5, 0.6) is 0 Å². The van der Waals surface area contributed by atoms with Gasteiger partial charge in [-0.2, -0.15) is 0 Å². The van der Waals surface area contributed by atoms with Gasteiger partial charge in [0.1, 0.15) is 5.54 Å². The third-order valence-electron chi connectivity index (χ3n) is 6.28. The molecule has 0 aliphatic heterocycles. The Morgan fingerprint density at radius 1 is 1.28 bits per heavy atom. The molecule has 0 radical (unpaired) electrons. The molecule has 1 aromatic carbocycles. The number of benzene rings is 1. The number of nitrogens with one attached hydrogen (secondary N) is 2. The third-order valence-corrected chi connectivity index (χ3v) is 6.28. The maximum absolute atomic E-state index is 12.3. The molecule has 5 nitrogen and oxygen atoms in total. The Kier molecular flexibility index (Phi) is 6.08. The molecule has 32 heavy (non-hydrogen) atoms. The quantitative estimate of drug-likeness (QED) is 0.542. The summed E-state index contributed by atoms with van der Waals surface area (Å²) in [5.74, 6) is 0.152. The highest BCUT2D eigenvalue weighted by atomic mass is 16.1. The number of H-pyrrole nitrogens is 1. The summed E-state index contributed by atoms with van der Waals surface area (Å²) in [5.41, 5.74) is 5.52. The van der Waals surface area contributed by atoms with Crippen LogP contribution in [0, 0.1) is 5.92 Å². The van der Waals surface area contributed by atoms with Crippen LogP contribution in [0.4, 0.5) is 0 Å². The van der Waals surface area contributed by atoms with Crippen molar-refractivity contribution in [1.82, 2.24) is 10.3 Å². The number of carbonyl (C=O) groups is 1. The van der Waals surface area contributed by atoms with Gasteiger partial charge in [-0.1, -0.05) is 42.0 Å². The molecule has 2 bridgehead atoms. The summed E-state index contributed by atoms with van der Waals surface area (Å²) in [6.07, 6.45) is 11.7. The number of nitrogens with zero attached hydrogens (tertiary/aromatic N) is 1.